The molecule has 0 saturated carbocycles. The Hall–Kier alpha value is -2.63. The Morgan fingerprint density at radius 2 is 2.09 bits per heavy atom. The number of hydrogen-bond donors (Lipinski definition) is 2. The summed E-state index contributed by atoms with van der Waals surface area (Å²) in [5.41, 5.74) is 0.849. The van der Waals surface area contributed by atoms with Gasteiger partial charge in [-0.3, -0.25) is 4.79 Å². The third kappa shape index (κ3) is 5.25. The number of carbonyl (C=O) groups is 2. The highest BCUT2D eigenvalue weighted by Crippen LogP contribution is 2.13. The van der Waals surface area contributed by atoms with Crippen LogP contribution in [-0.2, 0) is 17.8 Å². The normalized spacial score (nSPS) is 11.9. The van der Waals surface area contributed by atoms with Crippen LogP contribution in [0.15, 0.2) is 40.8 Å². The number of carbonyl (C=O) groups excluding carboxylic acids is 1. The third-order valence-electron chi connectivity index (χ3n) is 3.34. The summed E-state index contributed by atoms with van der Waals surface area (Å²) in [6.45, 7) is 2.05. The lowest BCUT2D eigenvalue weighted by molar-refractivity contribution is -0.122. The van der Waals surface area contributed by atoms with E-state index in [4.69, 9.17) is 9.52 Å². The minimum absolute atomic E-state index is 0.0583. The molecule has 1 heterocycles. The van der Waals surface area contributed by atoms with Gasteiger partial charge in [0.25, 0.3) is 0 Å². The Balaban J connectivity index is 1.78. The molecule has 2 aromatic rings. The number of furan rings is 1. The van der Waals surface area contributed by atoms with Crippen molar-refractivity contribution >= 4 is 11.9 Å². The van der Waals surface area contributed by atoms with Gasteiger partial charge in [-0.15, -0.1) is 0 Å². The van der Waals surface area contributed by atoms with Gasteiger partial charge in [0.05, 0.1) is 6.54 Å². The molecule has 0 spiro atoms. The van der Waals surface area contributed by atoms with Crippen LogP contribution in [0, 0.1) is 11.7 Å². The highest BCUT2D eigenvalue weighted by molar-refractivity contribution is 5.84. The Morgan fingerprint density at radius 1 is 1.30 bits per heavy atom. The van der Waals surface area contributed by atoms with Crippen molar-refractivity contribution in [2.75, 3.05) is 0 Å². The summed E-state index contributed by atoms with van der Waals surface area (Å²) < 4.78 is 18.2. The van der Waals surface area contributed by atoms with E-state index in [1.807, 2.05) is 13.0 Å². The fraction of sp³-hybridized carbons (Fsp3) is 0.294. The minimum atomic E-state index is -1.15. The van der Waals surface area contributed by atoms with Crippen molar-refractivity contribution in [1.82, 2.24) is 5.32 Å². The van der Waals surface area contributed by atoms with Gasteiger partial charge in [-0.1, -0.05) is 19.1 Å². The molecule has 1 atom stereocenters. The number of benzene rings is 1. The molecule has 1 amide bonds. The molecule has 0 bridgehead atoms. The topological polar surface area (TPSA) is 79.5 Å². The highest BCUT2D eigenvalue weighted by Gasteiger charge is 2.12. The fourth-order valence-electron chi connectivity index (χ4n) is 2.30. The second-order valence-electron chi connectivity index (χ2n) is 5.49. The molecule has 5 nitrogen and oxygen atoms in total. The van der Waals surface area contributed by atoms with Crippen LogP contribution in [0.3, 0.4) is 0 Å². The molecule has 0 aliphatic carbocycles. The van der Waals surface area contributed by atoms with Crippen molar-refractivity contribution in [2.45, 2.75) is 26.3 Å². The van der Waals surface area contributed by atoms with Crippen LogP contribution < -0.4 is 5.32 Å². The largest absolute Gasteiger partial charge is 0.475 e. The van der Waals surface area contributed by atoms with Crippen molar-refractivity contribution in [3.05, 3.63) is 59.3 Å². The summed E-state index contributed by atoms with van der Waals surface area (Å²) in [5, 5.41) is 11.4. The summed E-state index contributed by atoms with van der Waals surface area (Å²) in [6.07, 6.45) is 0.901. The molecule has 122 valence electrons. The highest BCUT2D eigenvalue weighted by atomic mass is 19.1. The van der Waals surface area contributed by atoms with Gasteiger partial charge in [0.15, 0.2) is 0 Å². The van der Waals surface area contributed by atoms with E-state index >= 15 is 0 Å². The van der Waals surface area contributed by atoms with Crippen LogP contribution in [0.25, 0.3) is 0 Å². The molecule has 1 aromatic heterocycles. The molecule has 0 saturated heterocycles. The quantitative estimate of drug-likeness (QED) is 0.822. The van der Waals surface area contributed by atoms with Gasteiger partial charge in [0.2, 0.25) is 11.7 Å². The van der Waals surface area contributed by atoms with E-state index in [9.17, 15) is 14.0 Å². The number of rotatable bonds is 7. The van der Waals surface area contributed by atoms with E-state index in [2.05, 4.69) is 5.32 Å². The fourth-order valence-corrected chi connectivity index (χ4v) is 2.30. The van der Waals surface area contributed by atoms with E-state index in [1.54, 1.807) is 6.07 Å². The van der Waals surface area contributed by atoms with Crippen LogP contribution >= 0.6 is 0 Å². The minimum Gasteiger partial charge on any atom is -0.475 e. The monoisotopic (exact) mass is 319 g/mol. The molecule has 23 heavy (non-hydrogen) atoms. The van der Waals surface area contributed by atoms with Gasteiger partial charge in [0, 0.05) is 6.42 Å². The molecule has 0 radical (unpaired) electrons. The Labute approximate surface area is 133 Å². The molecular weight excluding hydrogens is 301 g/mol. The Bertz CT molecular complexity index is 695. The predicted octanol–water partition coefficient (Wildman–Crippen LogP) is 3.00. The Morgan fingerprint density at radius 3 is 2.74 bits per heavy atom. The molecule has 0 aliphatic rings. The summed E-state index contributed by atoms with van der Waals surface area (Å²) in [7, 11) is 0. The molecule has 0 fully saturated rings. The maximum atomic E-state index is 13.1. The van der Waals surface area contributed by atoms with Crippen LogP contribution in [0.2, 0.25) is 0 Å². The molecule has 1 unspecified atom stereocenters. The third-order valence-corrected chi connectivity index (χ3v) is 3.34. The number of aromatic carboxylic acids is 1. The zero-order valence-corrected chi connectivity index (χ0v) is 12.7. The second-order valence-corrected chi connectivity index (χ2v) is 5.49. The van der Waals surface area contributed by atoms with Crippen molar-refractivity contribution in [1.29, 1.82) is 0 Å². The van der Waals surface area contributed by atoms with Crippen LogP contribution in [-0.4, -0.2) is 17.0 Å². The van der Waals surface area contributed by atoms with Gasteiger partial charge in [-0.25, -0.2) is 9.18 Å². The zero-order chi connectivity index (χ0) is 16.8. The summed E-state index contributed by atoms with van der Waals surface area (Å²) in [6, 6.07) is 9.18. The van der Waals surface area contributed by atoms with E-state index in [0.717, 1.165) is 5.56 Å². The number of nitrogens with one attached hydrogen (secondary N) is 1. The maximum Gasteiger partial charge on any atom is 0.371 e. The lowest BCUT2D eigenvalue weighted by atomic mass is 9.98. The molecule has 6 heteroatoms. The average molecular weight is 319 g/mol. The second kappa shape index (κ2) is 7.58. The SMILES string of the molecule is CC(CC(=O)NCc1ccc(C(=O)O)o1)Cc1cccc(F)c1. The van der Waals surface area contributed by atoms with Gasteiger partial charge in [-0.2, -0.15) is 0 Å². The van der Waals surface area contributed by atoms with E-state index in [0.29, 0.717) is 18.6 Å². The predicted molar refractivity (Wildman–Crippen MR) is 81.4 cm³/mol. The lowest BCUT2D eigenvalue weighted by Crippen LogP contribution is -2.24. The molecule has 2 N–H and O–H groups in total. The van der Waals surface area contributed by atoms with Crippen molar-refractivity contribution < 1.29 is 23.5 Å². The van der Waals surface area contributed by atoms with Gasteiger partial charge in [-0.05, 0) is 42.2 Å². The molecule has 2 rings (SSSR count). The molecule has 0 aliphatic heterocycles. The van der Waals surface area contributed by atoms with E-state index in [1.165, 1.54) is 24.3 Å². The van der Waals surface area contributed by atoms with Gasteiger partial charge >= 0.3 is 5.97 Å². The maximum absolute atomic E-state index is 13.1. The first-order chi connectivity index (χ1) is 10.9. The van der Waals surface area contributed by atoms with Crippen LogP contribution in [0.1, 0.15) is 35.2 Å². The first kappa shape index (κ1) is 16.7. The first-order valence-corrected chi connectivity index (χ1v) is 7.27. The van der Waals surface area contributed by atoms with Crippen LogP contribution in [0.4, 0.5) is 4.39 Å². The number of halogens is 1. The number of amides is 1. The zero-order valence-electron chi connectivity index (χ0n) is 12.7. The van der Waals surface area contributed by atoms with E-state index in [-0.39, 0.29) is 29.9 Å². The lowest BCUT2D eigenvalue weighted by Gasteiger charge is -2.11. The van der Waals surface area contributed by atoms with Gasteiger partial charge < -0.3 is 14.8 Å². The summed E-state index contributed by atoms with van der Waals surface area (Å²) in [4.78, 5) is 22.6. The summed E-state index contributed by atoms with van der Waals surface area (Å²) >= 11 is 0. The smallest absolute Gasteiger partial charge is 0.371 e. The Kier molecular flexibility index (Phi) is 5.51. The number of carboxylic acid groups (broad SMARTS) is 1. The number of carboxylic acids is 1. The summed E-state index contributed by atoms with van der Waals surface area (Å²) in [5.74, 6) is -1.31. The average Bonchev–Trinajstić information content (AvgIpc) is 2.94. The standard InChI is InChI=1S/C17H18FNO4/c1-11(7-12-3-2-4-13(18)9-12)8-16(20)19-10-14-5-6-15(23-14)17(21)22/h2-6,9,11H,7-8,10H2,1H3,(H,19,20)(H,21,22). The molecular formula is C17H18FNO4. The van der Waals surface area contributed by atoms with Crippen molar-refractivity contribution in [3.63, 3.8) is 0 Å². The first-order valence-electron chi connectivity index (χ1n) is 7.27. The number of hydrogen-bond acceptors (Lipinski definition) is 3. The van der Waals surface area contributed by atoms with Crippen LogP contribution in [0.5, 0.6) is 0 Å². The van der Waals surface area contributed by atoms with E-state index < -0.39 is 5.97 Å². The van der Waals surface area contributed by atoms with Gasteiger partial charge in [0.1, 0.15) is 11.6 Å². The van der Waals surface area contributed by atoms with Crippen molar-refractivity contribution in [3.8, 4) is 0 Å². The van der Waals surface area contributed by atoms with Crippen molar-refractivity contribution in [2.24, 2.45) is 5.92 Å². The molecule has 1 aromatic carbocycles.